The Kier molecular flexibility index (Phi) is 2.46. The molecule has 1 saturated heterocycles. The Morgan fingerprint density at radius 1 is 1.70 bits per heavy atom. The SMILES string of the molecule is CC=C1CC(C)OCC1O. The minimum absolute atomic E-state index is 0.273. The second kappa shape index (κ2) is 3.17. The normalized spacial score (nSPS) is 38.5. The van der Waals surface area contributed by atoms with E-state index < -0.39 is 0 Å². The summed E-state index contributed by atoms with van der Waals surface area (Å²) in [4.78, 5) is 0. The minimum atomic E-state index is -0.360. The Morgan fingerprint density at radius 3 is 2.90 bits per heavy atom. The van der Waals surface area contributed by atoms with Crippen molar-refractivity contribution in [3.8, 4) is 0 Å². The largest absolute Gasteiger partial charge is 0.386 e. The zero-order chi connectivity index (χ0) is 7.56. The van der Waals surface area contributed by atoms with Crippen LogP contribution in [0.1, 0.15) is 20.3 Å². The summed E-state index contributed by atoms with van der Waals surface area (Å²) in [5.74, 6) is 0. The molecule has 0 aromatic heterocycles. The maximum atomic E-state index is 9.29. The van der Waals surface area contributed by atoms with Gasteiger partial charge in [-0.3, -0.25) is 0 Å². The number of allylic oxidation sites excluding steroid dienone is 1. The number of hydrogen-bond acceptors (Lipinski definition) is 2. The molecule has 2 nitrogen and oxygen atoms in total. The Bertz CT molecular complexity index is 140. The van der Waals surface area contributed by atoms with Crippen LogP contribution >= 0.6 is 0 Å². The average Bonchev–Trinajstić information content (AvgIpc) is 1.94. The second-order valence-corrected chi connectivity index (χ2v) is 2.73. The summed E-state index contributed by atoms with van der Waals surface area (Å²) in [6.07, 6.45) is 2.76. The molecule has 2 atom stereocenters. The molecule has 58 valence electrons. The first-order valence-electron chi connectivity index (χ1n) is 3.68. The summed E-state index contributed by atoms with van der Waals surface area (Å²) in [5, 5.41) is 9.29. The molecule has 2 heteroatoms. The lowest BCUT2D eigenvalue weighted by atomic mass is 10.0. The van der Waals surface area contributed by atoms with Crippen LogP contribution in [-0.2, 0) is 4.74 Å². The first kappa shape index (κ1) is 7.76. The topological polar surface area (TPSA) is 29.5 Å². The van der Waals surface area contributed by atoms with Gasteiger partial charge in [0.15, 0.2) is 0 Å². The fourth-order valence-corrected chi connectivity index (χ4v) is 1.20. The molecule has 0 amide bonds. The van der Waals surface area contributed by atoms with Crippen LogP contribution < -0.4 is 0 Å². The Labute approximate surface area is 61.5 Å². The molecule has 0 bridgehead atoms. The summed E-state index contributed by atoms with van der Waals surface area (Å²) >= 11 is 0. The van der Waals surface area contributed by atoms with Crippen molar-refractivity contribution in [1.29, 1.82) is 0 Å². The van der Waals surface area contributed by atoms with Gasteiger partial charge in [-0.15, -0.1) is 0 Å². The predicted molar refractivity (Wildman–Crippen MR) is 39.8 cm³/mol. The molecule has 0 aliphatic carbocycles. The maximum Gasteiger partial charge on any atom is 0.0984 e. The van der Waals surface area contributed by atoms with E-state index in [0.29, 0.717) is 6.61 Å². The highest BCUT2D eigenvalue weighted by Gasteiger charge is 2.20. The molecule has 1 heterocycles. The quantitative estimate of drug-likeness (QED) is 0.513. The van der Waals surface area contributed by atoms with Gasteiger partial charge in [-0.1, -0.05) is 6.08 Å². The van der Waals surface area contributed by atoms with Crippen molar-refractivity contribution < 1.29 is 9.84 Å². The first-order valence-corrected chi connectivity index (χ1v) is 3.68. The number of rotatable bonds is 0. The molecule has 1 aliphatic rings. The Morgan fingerprint density at radius 2 is 2.40 bits per heavy atom. The van der Waals surface area contributed by atoms with Crippen molar-refractivity contribution in [2.45, 2.75) is 32.5 Å². The van der Waals surface area contributed by atoms with E-state index in [0.717, 1.165) is 12.0 Å². The minimum Gasteiger partial charge on any atom is -0.386 e. The number of aliphatic hydroxyl groups is 1. The van der Waals surface area contributed by atoms with Gasteiger partial charge < -0.3 is 9.84 Å². The van der Waals surface area contributed by atoms with Gasteiger partial charge in [0.05, 0.1) is 18.8 Å². The van der Waals surface area contributed by atoms with Crippen LogP contribution in [0.2, 0.25) is 0 Å². The Balaban J connectivity index is 2.54. The Hall–Kier alpha value is -0.340. The van der Waals surface area contributed by atoms with Crippen LogP contribution in [0.3, 0.4) is 0 Å². The van der Waals surface area contributed by atoms with Crippen LogP contribution in [-0.4, -0.2) is 23.9 Å². The lowest BCUT2D eigenvalue weighted by Gasteiger charge is -2.26. The third kappa shape index (κ3) is 1.58. The molecular weight excluding hydrogens is 128 g/mol. The van der Waals surface area contributed by atoms with E-state index in [-0.39, 0.29) is 12.2 Å². The van der Waals surface area contributed by atoms with E-state index >= 15 is 0 Å². The molecule has 1 N–H and O–H groups in total. The van der Waals surface area contributed by atoms with Gasteiger partial charge >= 0.3 is 0 Å². The zero-order valence-corrected chi connectivity index (χ0v) is 6.50. The zero-order valence-electron chi connectivity index (χ0n) is 6.50. The molecule has 1 aliphatic heterocycles. The van der Waals surface area contributed by atoms with Gasteiger partial charge in [0.2, 0.25) is 0 Å². The van der Waals surface area contributed by atoms with Gasteiger partial charge in [0.1, 0.15) is 0 Å². The lowest BCUT2D eigenvalue weighted by Crippen LogP contribution is -2.29. The number of ether oxygens (including phenoxy) is 1. The van der Waals surface area contributed by atoms with E-state index in [1.807, 2.05) is 19.9 Å². The highest BCUT2D eigenvalue weighted by molar-refractivity contribution is 5.09. The van der Waals surface area contributed by atoms with Crippen LogP contribution in [0.25, 0.3) is 0 Å². The van der Waals surface area contributed by atoms with Gasteiger partial charge in [-0.25, -0.2) is 0 Å². The maximum absolute atomic E-state index is 9.29. The monoisotopic (exact) mass is 142 g/mol. The first-order chi connectivity index (χ1) is 4.74. The summed E-state index contributed by atoms with van der Waals surface area (Å²) in [5.41, 5.74) is 1.11. The van der Waals surface area contributed by atoms with Gasteiger partial charge in [0, 0.05) is 0 Å². The van der Waals surface area contributed by atoms with E-state index in [2.05, 4.69) is 0 Å². The molecular formula is C8H14O2. The van der Waals surface area contributed by atoms with Crippen LogP contribution in [0.4, 0.5) is 0 Å². The highest BCUT2D eigenvalue weighted by Crippen LogP contribution is 2.18. The number of aliphatic hydroxyl groups excluding tert-OH is 1. The summed E-state index contributed by atoms with van der Waals surface area (Å²) in [7, 11) is 0. The van der Waals surface area contributed by atoms with Crippen LogP contribution in [0.5, 0.6) is 0 Å². The van der Waals surface area contributed by atoms with Crippen molar-refractivity contribution in [1.82, 2.24) is 0 Å². The molecule has 10 heavy (non-hydrogen) atoms. The molecule has 0 radical (unpaired) electrons. The highest BCUT2D eigenvalue weighted by atomic mass is 16.5. The van der Waals surface area contributed by atoms with Crippen molar-refractivity contribution in [3.05, 3.63) is 11.6 Å². The van der Waals surface area contributed by atoms with Crippen molar-refractivity contribution in [2.24, 2.45) is 0 Å². The van der Waals surface area contributed by atoms with Gasteiger partial charge in [-0.2, -0.15) is 0 Å². The lowest BCUT2D eigenvalue weighted by molar-refractivity contribution is -0.0175. The van der Waals surface area contributed by atoms with Gasteiger partial charge in [-0.05, 0) is 25.8 Å². The molecule has 2 unspecified atom stereocenters. The molecule has 1 fully saturated rings. The van der Waals surface area contributed by atoms with Crippen LogP contribution in [0.15, 0.2) is 11.6 Å². The van der Waals surface area contributed by atoms with Crippen LogP contribution in [0, 0.1) is 0 Å². The molecule has 0 spiro atoms. The third-order valence-corrected chi connectivity index (χ3v) is 1.86. The van der Waals surface area contributed by atoms with E-state index in [9.17, 15) is 5.11 Å². The molecule has 0 aromatic rings. The average molecular weight is 142 g/mol. The molecule has 0 saturated carbocycles. The van der Waals surface area contributed by atoms with E-state index in [4.69, 9.17) is 4.74 Å². The summed E-state index contributed by atoms with van der Waals surface area (Å²) < 4.78 is 5.23. The number of hydrogen-bond donors (Lipinski definition) is 1. The van der Waals surface area contributed by atoms with Crippen molar-refractivity contribution in [2.75, 3.05) is 6.61 Å². The molecule has 0 aromatic carbocycles. The second-order valence-electron chi connectivity index (χ2n) is 2.73. The standard InChI is InChI=1S/C8H14O2/c1-3-7-4-6(2)10-5-8(7)9/h3,6,8-9H,4-5H2,1-2H3. The third-order valence-electron chi connectivity index (χ3n) is 1.86. The summed E-state index contributed by atoms with van der Waals surface area (Å²) in [6.45, 7) is 4.44. The van der Waals surface area contributed by atoms with Crippen molar-refractivity contribution in [3.63, 3.8) is 0 Å². The fourth-order valence-electron chi connectivity index (χ4n) is 1.20. The smallest absolute Gasteiger partial charge is 0.0984 e. The fraction of sp³-hybridized carbons (Fsp3) is 0.750. The predicted octanol–water partition coefficient (Wildman–Crippen LogP) is 1.10. The summed E-state index contributed by atoms with van der Waals surface area (Å²) in [6, 6.07) is 0. The van der Waals surface area contributed by atoms with E-state index in [1.54, 1.807) is 0 Å². The molecule has 1 rings (SSSR count). The van der Waals surface area contributed by atoms with Crippen molar-refractivity contribution >= 4 is 0 Å². The van der Waals surface area contributed by atoms with Gasteiger partial charge in [0.25, 0.3) is 0 Å². The van der Waals surface area contributed by atoms with E-state index in [1.165, 1.54) is 0 Å².